The normalized spacial score (nSPS) is 17.0. The highest BCUT2D eigenvalue weighted by Crippen LogP contribution is 2.31. The van der Waals surface area contributed by atoms with Gasteiger partial charge in [0, 0.05) is 35.1 Å². The number of fused-ring (bicyclic) bond motifs is 1. The maximum atomic E-state index is 12.8. The lowest BCUT2D eigenvalue weighted by atomic mass is 10.1. The minimum absolute atomic E-state index is 0.0137. The molecule has 5 heteroatoms. The summed E-state index contributed by atoms with van der Waals surface area (Å²) in [6.07, 6.45) is 2.96. The van der Waals surface area contributed by atoms with E-state index in [0.29, 0.717) is 0 Å². The molecule has 0 aliphatic carbocycles. The first-order valence-electron chi connectivity index (χ1n) is 8.01. The van der Waals surface area contributed by atoms with E-state index in [1.165, 1.54) is 11.4 Å². The lowest BCUT2D eigenvalue weighted by Gasteiger charge is -2.37. The molecule has 3 rings (SSSR count). The average molecular weight is 329 g/mol. The predicted molar refractivity (Wildman–Crippen MR) is 96.1 cm³/mol. The molecule has 0 saturated carbocycles. The Morgan fingerprint density at radius 2 is 2.13 bits per heavy atom. The van der Waals surface area contributed by atoms with Crippen LogP contribution in [0.2, 0.25) is 0 Å². The number of aryl methyl sites for hydroxylation is 1. The van der Waals surface area contributed by atoms with E-state index in [0.717, 1.165) is 30.1 Å². The number of hydrogen-bond donors (Lipinski definition) is 1. The molecule has 1 atom stereocenters. The van der Waals surface area contributed by atoms with E-state index >= 15 is 0 Å². The van der Waals surface area contributed by atoms with Gasteiger partial charge in [0.05, 0.1) is 6.04 Å². The fourth-order valence-electron chi connectivity index (χ4n) is 3.28. The number of thioether (sulfide) groups is 1. The van der Waals surface area contributed by atoms with E-state index in [4.69, 9.17) is 0 Å². The summed E-state index contributed by atoms with van der Waals surface area (Å²) in [7, 11) is 0. The van der Waals surface area contributed by atoms with Crippen LogP contribution in [0, 0.1) is 6.92 Å². The molecule has 23 heavy (non-hydrogen) atoms. The summed E-state index contributed by atoms with van der Waals surface area (Å²) in [5.41, 5.74) is 3.37. The topological polar surface area (TPSA) is 37.3 Å². The monoisotopic (exact) mass is 329 g/mol. The van der Waals surface area contributed by atoms with Crippen LogP contribution in [-0.2, 0) is 6.54 Å². The molecular weight excluding hydrogens is 306 g/mol. The molecule has 4 nitrogen and oxygen atoms in total. The maximum Gasteiger partial charge on any atom is 0.322 e. The minimum Gasteiger partial charge on any atom is -0.345 e. The number of urea groups is 1. The molecule has 0 unspecified atom stereocenters. The molecule has 0 saturated heterocycles. The standard InChI is InChI=1S/C18H23N3OS/c1-4-16-17-9-8-13(2)20(17)10-11-21(16)18(22)19-14-6-5-7-15(12-14)23-3/h5-9,12,16H,4,10-11H2,1-3H3,(H,19,22)/t16-/m0/s1. The molecular formula is C18H23N3OS. The van der Waals surface area contributed by atoms with Crippen molar-refractivity contribution < 1.29 is 4.79 Å². The molecule has 1 aliphatic heterocycles. The maximum absolute atomic E-state index is 12.8. The van der Waals surface area contributed by atoms with Gasteiger partial charge < -0.3 is 14.8 Å². The summed E-state index contributed by atoms with van der Waals surface area (Å²) in [6.45, 7) is 5.87. The van der Waals surface area contributed by atoms with Gasteiger partial charge in [0.1, 0.15) is 0 Å². The summed E-state index contributed by atoms with van der Waals surface area (Å²) >= 11 is 1.68. The van der Waals surface area contributed by atoms with Gasteiger partial charge in [0.25, 0.3) is 0 Å². The highest BCUT2D eigenvalue weighted by Gasteiger charge is 2.30. The van der Waals surface area contributed by atoms with E-state index < -0.39 is 0 Å². The second kappa shape index (κ2) is 6.71. The van der Waals surface area contributed by atoms with Gasteiger partial charge in [-0.25, -0.2) is 4.79 Å². The van der Waals surface area contributed by atoms with E-state index in [-0.39, 0.29) is 12.1 Å². The minimum atomic E-state index is -0.0137. The number of aromatic nitrogens is 1. The molecule has 2 amide bonds. The van der Waals surface area contributed by atoms with Crippen LogP contribution in [0.4, 0.5) is 10.5 Å². The van der Waals surface area contributed by atoms with Gasteiger partial charge in [-0.2, -0.15) is 0 Å². The van der Waals surface area contributed by atoms with Crippen molar-refractivity contribution in [1.82, 2.24) is 9.47 Å². The largest absolute Gasteiger partial charge is 0.345 e. The second-order valence-electron chi connectivity index (χ2n) is 5.83. The number of nitrogens with zero attached hydrogens (tertiary/aromatic N) is 2. The van der Waals surface area contributed by atoms with Crippen LogP contribution < -0.4 is 5.32 Å². The molecule has 0 fully saturated rings. The first kappa shape index (κ1) is 16.0. The number of nitrogens with one attached hydrogen (secondary N) is 1. The summed E-state index contributed by atoms with van der Waals surface area (Å²) in [6, 6.07) is 12.4. The molecule has 122 valence electrons. The van der Waals surface area contributed by atoms with Crippen molar-refractivity contribution in [3.05, 3.63) is 47.8 Å². The molecule has 1 aliphatic rings. The summed E-state index contributed by atoms with van der Waals surface area (Å²) < 4.78 is 2.33. The van der Waals surface area contributed by atoms with Gasteiger partial charge >= 0.3 is 6.03 Å². The number of anilines is 1. The molecule has 1 aromatic heterocycles. The number of benzene rings is 1. The quantitative estimate of drug-likeness (QED) is 0.841. The first-order valence-corrected chi connectivity index (χ1v) is 9.24. The van der Waals surface area contributed by atoms with Crippen molar-refractivity contribution in [2.24, 2.45) is 0 Å². The van der Waals surface area contributed by atoms with Crippen molar-refractivity contribution in [1.29, 1.82) is 0 Å². The molecule has 1 N–H and O–H groups in total. The van der Waals surface area contributed by atoms with Gasteiger partial charge in [0.15, 0.2) is 0 Å². The van der Waals surface area contributed by atoms with Gasteiger partial charge in [-0.05, 0) is 49.9 Å². The molecule has 1 aromatic carbocycles. The van der Waals surface area contributed by atoms with Crippen molar-refractivity contribution in [2.75, 3.05) is 18.1 Å². The Bertz CT molecular complexity index is 710. The van der Waals surface area contributed by atoms with Gasteiger partial charge in [-0.3, -0.25) is 0 Å². The molecule has 0 spiro atoms. The summed E-state index contributed by atoms with van der Waals surface area (Å²) in [5.74, 6) is 0. The van der Waals surface area contributed by atoms with Crippen molar-refractivity contribution in [3.63, 3.8) is 0 Å². The third-order valence-corrected chi connectivity index (χ3v) is 5.21. The first-order chi connectivity index (χ1) is 11.1. The van der Waals surface area contributed by atoms with Crippen LogP contribution >= 0.6 is 11.8 Å². The van der Waals surface area contributed by atoms with Crippen LogP contribution in [0.25, 0.3) is 0 Å². The number of hydrogen-bond acceptors (Lipinski definition) is 2. The smallest absolute Gasteiger partial charge is 0.322 e. The van der Waals surface area contributed by atoms with Crippen LogP contribution in [-0.4, -0.2) is 28.3 Å². The number of rotatable bonds is 3. The van der Waals surface area contributed by atoms with Crippen LogP contribution in [0.5, 0.6) is 0 Å². The molecule has 2 heterocycles. The number of amides is 2. The average Bonchev–Trinajstić information content (AvgIpc) is 2.95. The molecule has 0 bridgehead atoms. The van der Waals surface area contributed by atoms with Gasteiger partial charge in [-0.1, -0.05) is 13.0 Å². The molecule has 0 radical (unpaired) electrons. The zero-order valence-electron chi connectivity index (χ0n) is 13.9. The number of carbonyl (C=O) groups is 1. The van der Waals surface area contributed by atoms with E-state index in [9.17, 15) is 4.79 Å². The summed E-state index contributed by atoms with van der Waals surface area (Å²) in [4.78, 5) is 15.9. The fourth-order valence-corrected chi connectivity index (χ4v) is 3.74. The van der Waals surface area contributed by atoms with Gasteiger partial charge in [0.2, 0.25) is 0 Å². The molecule has 2 aromatic rings. The van der Waals surface area contributed by atoms with Gasteiger partial charge in [-0.15, -0.1) is 11.8 Å². The van der Waals surface area contributed by atoms with E-state index in [2.05, 4.69) is 35.9 Å². The third-order valence-electron chi connectivity index (χ3n) is 4.48. The van der Waals surface area contributed by atoms with Crippen molar-refractivity contribution in [2.45, 2.75) is 37.8 Å². The Balaban J connectivity index is 1.79. The Labute approximate surface area is 141 Å². The predicted octanol–water partition coefficient (Wildman–Crippen LogP) is 4.52. The third kappa shape index (κ3) is 3.11. The van der Waals surface area contributed by atoms with Crippen molar-refractivity contribution >= 4 is 23.5 Å². The lowest BCUT2D eigenvalue weighted by Crippen LogP contribution is -2.44. The van der Waals surface area contributed by atoms with E-state index in [1.807, 2.05) is 35.4 Å². The zero-order valence-corrected chi connectivity index (χ0v) is 14.7. The van der Waals surface area contributed by atoms with Crippen molar-refractivity contribution in [3.8, 4) is 0 Å². The fraction of sp³-hybridized carbons (Fsp3) is 0.389. The highest BCUT2D eigenvalue weighted by molar-refractivity contribution is 7.98. The van der Waals surface area contributed by atoms with Crippen LogP contribution in [0.1, 0.15) is 30.8 Å². The lowest BCUT2D eigenvalue weighted by molar-refractivity contribution is 0.165. The highest BCUT2D eigenvalue weighted by atomic mass is 32.2. The van der Waals surface area contributed by atoms with Crippen LogP contribution in [0.3, 0.4) is 0 Å². The SMILES string of the molecule is CC[C@H]1c2ccc(C)n2CCN1C(=O)Nc1cccc(SC)c1. The number of carbonyl (C=O) groups excluding carboxylic acids is 1. The van der Waals surface area contributed by atoms with E-state index in [1.54, 1.807) is 11.8 Å². The van der Waals surface area contributed by atoms with Crippen LogP contribution in [0.15, 0.2) is 41.3 Å². The Hall–Kier alpha value is -1.88. The summed E-state index contributed by atoms with van der Waals surface area (Å²) in [5, 5.41) is 3.05. The Morgan fingerprint density at radius 1 is 1.30 bits per heavy atom. The zero-order chi connectivity index (χ0) is 16.4. The Morgan fingerprint density at radius 3 is 2.87 bits per heavy atom. The Kier molecular flexibility index (Phi) is 4.66. The second-order valence-corrected chi connectivity index (χ2v) is 6.71.